The molecule has 0 saturated carbocycles. The van der Waals surface area contributed by atoms with Crippen molar-refractivity contribution in [3.63, 3.8) is 0 Å². The average molecular weight is 448 g/mol. The number of rotatable bonds is 3. The molecule has 1 aromatic carbocycles. The van der Waals surface area contributed by atoms with Gasteiger partial charge in [0.05, 0.1) is 22.6 Å². The summed E-state index contributed by atoms with van der Waals surface area (Å²) in [6.45, 7) is 12.2. The molecule has 1 amide bonds. The zero-order valence-electron chi connectivity index (χ0n) is 18.8. The molecule has 4 heterocycles. The van der Waals surface area contributed by atoms with Gasteiger partial charge < -0.3 is 9.80 Å². The van der Waals surface area contributed by atoms with Gasteiger partial charge in [-0.05, 0) is 24.3 Å². The molecule has 1 unspecified atom stereocenters. The summed E-state index contributed by atoms with van der Waals surface area (Å²) in [6.07, 6.45) is 3.47. The van der Waals surface area contributed by atoms with E-state index in [4.69, 9.17) is 16.7 Å². The van der Waals surface area contributed by atoms with Crippen molar-refractivity contribution in [2.24, 2.45) is 7.05 Å². The molecule has 0 N–H and O–H groups in total. The highest BCUT2D eigenvalue weighted by molar-refractivity contribution is 6.30. The Kier molecular flexibility index (Phi) is 4.50. The van der Waals surface area contributed by atoms with Crippen LogP contribution in [0.15, 0.2) is 55.4 Å². The molecule has 0 radical (unpaired) electrons. The Hall–Kier alpha value is -3.12. The summed E-state index contributed by atoms with van der Waals surface area (Å²) in [5.74, 6) is 0.00744. The van der Waals surface area contributed by atoms with Crippen LogP contribution >= 0.6 is 11.6 Å². The van der Waals surface area contributed by atoms with Gasteiger partial charge in [-0.3, -0.25) is 14.5 Å². The lowest BCUT2D eigenvalue weighted by Crippen LogP contribution is -2.48. The van der Waals surface area contributed by atoms with Crippen molar-refractivity contribution in [3.8, 4) is 0 Å². The van der Waals surface area contributed by atoms with Crippen LogP contribution in [0.4, 0.5) is 0 Å². The van der Waals surface area contributed by atoms with Crippen molar-refractivity contribution in [2.45, 2.75) is 31.8 Å². The zero-order chi connectivity index (χ0) is 22.8. The topological polar surface area (TPSA) is 54.3 Å². The quantitative estimate of drug-likeness (QED) is 0.596. The molecule has 7 heteroatoms. The van der Waals surface area contributed by atoms with E-state index in [1.54, 1.807) is 18.5 Å². The Morgan fingerprint density at radius 3 is 2.53 bits per heavy atom. The minimum Gasteiger partial charge on any atom is -0.338 e. The Morgan fingerprint density at radius 1 is 1.16 bits per heavy atom. The van der Waals surface area contributed by atoms with E-state index in [0.29, 0.717) is 23.7 Å². The fourth-order valence-electron chi connectivity index (χ4n) is 4.93. The summed E-state index contributed by atoms with van der Waals surface area (Å²) >= 11 is 6.21. The molecule has 1 saturated heterocycles. The van der Waals surface area contributed by atoms with Crippen molar-refractivity contribution >= 4 is 23.2 Å². The number of carbonyl (C=O) groups excluding carboxylic acids is 1. The predicted octanol–water partition coefficient (Wildman–Crippen LogP) is 4.41. The summed E-state index contributed by atoms with van der Waals surface area (Å²) in [5, 5.41) is 5.40. The molecule has 2 aliphatic rings. The Balaban J connectivity index is 1.71. The van der Waals surface area contributed by atoms with Gasteiger partial charge in [0.25, 0.3) is 5.91 Å². The first-order valence-corrected chi connectivity index (χ1v) is 11.1. The lowest BCUT2D eigenvalue weighted by molar-refractivity contribution is 0.0586. The molecular weight excluding hydrogens is 422 g/mol. The third-order valence-electron chi connectivity index (χ3n) is 6.52. The third-order valence-corrected chi connectivity index (χ3v) is 6.77. The Bertz CT molecular complexity index is 1240. The van der Waals surface area contributed by atoms with Crippen LogP contribution in [0, 0.1) is 0 Å². The summed E-state index contributed by atoms with van der Waals surface area (Å²) in [6, 6.07) is 11.6. The summed E-state index contributed by atoms with van der Waals surface area (Å²) in [7, 11) is 1.94. The van der Waals surface area contributed by atoms with Crippen LogP contribution in [0.5, 0.6) is 0 Å². The Morgan fingerprint density at radius 2 is 1.88 bits per heavy atom. The maximum Gasteiger partial charge on any atom is 0.256 e. The van der Waals surface area contributed by atoms with E-state index in [9.17, 15) is 4.79 Å². The highest BCUT2D eigenvalue weighted by atomic mass is 35.5. The number of hydrogen-bond acceptors (Lipinski definition) is 4. The Labute approximate surface area is 193 Å². The van der Waals surface area contributed by atoms with Gasteiger partial charge in [-0.25, -0.2) is 0 Å². The maximum atomic E-state index is 13.4. The monoisotopic (exact) mass is 447 g/mol. The van der Waals surface area contributed by atoms with Gasteiger partial charge >= 0.3 is 0 Å². The number of carbonyl (C=O) groups is 1. The normalized spacial score (nSPS) is 20.0. The lowest BCUT2D eigenvalue weighted by atomic mass is 9.90. The lowest BCUT2D eigenvalue weighted by Gasteiger charge is -2.42. The van der Waals surface area contributed by atoms with Crippen molar-refractivity contribution in [3.05, 3.63) is 88.5 Å². The second kappa shape index (κ2) is 6.94. The van der Waals surface area contributed by atoms with Gasteiger partial charge in [-0.2, -0.15) is 5.10 Å². The van der Waals surface area contributed by atoms with Crippen LogP contribution in [-0.4, -0.2) is 43.6 Å². The molecule has 32 heavy (non-hydrogen) atoms. The first kappa shape index (κ1) is 20.8. The molecule has 2 aliphatic heterocycles. The van der Waals surface area contributed by atoms with Gasteiger partial charge in [0.15, 0.2) is 5.66 Å². The van der Waals surface area contributed by atoms with E-state index in [-0.39, 0.29) is 11.3 Å². The van der Waals surface area contributed by atoms with E-state index in [1.165, 1.54) is 0 Å². The summed E-state index contributed by atoms with van der Waals surface area (Å²) in [5.41, 5.74) is 4.33. The molecule has 1 fully saturated rings. The number of hydrogen-bond donors (Lipinski definition) is 0. The average Bonchev–Trinajstić information content (AvgIpc) is 3.41. The number of halogens is 1. The molecule has 0 spiro atoms. The number of aryl methyl sites for hydroxylation is 1. The van der Waals surface area contributed by atoms with E-state index >= 15 is 0 Å². The van der Waals surface area contributed by atoms with Crippen LogP contribution in [0.2, 0.25) is 5.02 Å². The van der Waals surface area contributed by atoms with Crippen LogP contribution < -0.4 is 0 Å². The molecule has 0 aliphatic carbocycles. The SMILES string of the molecule is C=C(c1cc(C(C)(C)C)nn1C)N1CCN2C(=O)c3ccncc3C12c1ccc(Cl)cc1. The van der Waals surface area contributed by atoms with Gasteiger partial charge in [0.1, 0.15) is 0 Å². The first-order chi connectivity index (χ1) is 15.2. The molecule has 5 rings (SSSR count). The number of benzene rings is 1. The third kappa shape index (κ3) is 2.75. The predicted molar refractivity (Wildman–Crippen MR) is 125 cm³/mol. The summed E-state index contributed by atoms with van der Waals surface area (Å²) < 4.78 is 1.88. The van der Waals surface area contributed by atoms with Crippen LogP contribution in [0.1, 0.15) is 53.6 Å². The van der Waals surface area contributed by atoms with Crippen LogP contribution in [0.3, 0.4) is 0 Å². The van der Waals surface area contributed by atoms with Crippen molar-refractivity contribution in [1.29, 1.82) is 0 Å². The largest absolute Gasteiger partial charge is 0.338 e. The van der Waals surface area contributed by atoms with Gasteiger partial charge in [0.2, 0.25) is 0 Å². The van der Waals surface area contributed by atoms with E-state index in [2.05, 4.69) is 43.3 Å². The highest BCUT2D eigenvalue weighted by Crippen LogP contribution is 2.52. The summed E-state index contributed by atoms with van der Waals surface area (Å²) in [4.78, 5) is 21.9. The molecule has 164 valence electrons. The standard InChI is InChI=1S/C25H26ClN5O/c1-16(21-14-22(24(2,3)4)28-29(21)5)30-12-13-31-23(32)19-10-11-27-15-20(19)25(30,31)17-6-8-18(26)9-7-17/h6-11,14-15H,1,12-13H2,2-5H3. The highest BCUT2D eigenvalue weighted by Gasteiger charge is 2.59. The minimum atomic E-state index is -0.825. The van der Waals surface area contributed by atoms with E-state index < -0.39 is 5.66 Å². The number of fused-ring (bicyclic) bond motifs is 3. The van der Waals surface area contributed by atoms with Gasteiger partial charge in [-0.15, -0.1) is 0 Å². The fourth-order valence-corrected chi connectivity index (χ4v) is 5.06. The molecule has 0 bridgehead atoms. The van der Waals surface area contributed by atoms with Crippen LogP contribution in [0.25, 0.3) is 5.70 Å². The minimum absolute atomic E-state index is 0.00744. The first-order valence-electron chi connectivity index (χ1n) is 10.7. The van der Waals surface area contributed by atoms with Crippen molar-refractivity contribution in [2.75, 3.05) is 13.1 Å². The molecular formula is C25H26ClN5O. The number of pyridine rings is 1. The van der Waals surface area contributed by atoms with Crippen molar-refractivity contribution < 1.29 is 4.79 Å². The van der Waals surface area contributed by atoms with Crippen molar-refractivity contribution in [1.82, 2.24) is 24.6 Å². The van der Waals surface area contributed by atoms with E-state index in [1.807, 2.05) is 40.9 Å². The number of amides is 1. The maximum absolute atomic E-state index is 13.4. The van der Waals surface area contributed by atoms with Gasteiger partial charge in [0, 0.05) is 54.1 Å². The molecule has 1 atom stereocenters. The second-order valence-corrected chi connectivity index (χ2v) is 9.88. The fraction of sp³-hybridized carbons (Fsp3) is 0.320. The molecule has 2 aromatic heterocycles. The van der Waals surface area contributed by atoms with Gasteiger partial charge in [-0.1, -0.05) is 51.1 Å². The molecule has 3 aromatic rings. The van der Waals surface area contributed by atoms with E-state index in [0.717, 1.165) is 28.2 Å². The number of nitrogens with zero attached hydrogens (tertiary/aromatic N) is 5. The molecule has 6 nitrogen and oxygen atoms in total. The smallest absolute Gasteiger partial charge is 0.256 e. The van der Waals surface area contributed by atoms with Crippen LogP contribution in [-0.2, 0) is 18.1 Å². The second-order valence-electron chi connectivity index (χ2n) is 9.44. The number of aromatic nitrogens is 3. The zero-order valence-corrected chi connectivity index (χ0v) is 19.5.